The van der Waals surface area contributed by atoms with Gasteiger partial charge in [-0.2, -0.15) is 0 Å². The molecule has 3 rings (SSSR count). The van der Waals surface area contributed by atoms with Gasteiger partial charge in [0.15, 0.2) is 6.10 Å². The summed E-state index contributed by atoms with van der Waals surface area (Å²) in [6.45, 7) is 2.12. The van der Waals surface area contributed by atoms with Crippen molar-refractivity contribution in [1.29, 1.82) is 0 Å². The number of ether oxygens (including phenoxy) is 1. The molecule has 7 heteroatoms. The molecule has 2 N–H and O–H groups in total. The highest BCUT2D eigenvalue weighted by atomic mass is 32.2. The molecule has 166 valence electrons. The van der Waals surface area contributed by atoms with Crippen LogP contribution in [0.4, 0.5) is 0 Å². The van der Waals surface area contributed by atoms with Crippen LogP contribution in [0.2, 0.25) is 0 Å². The maximum Gasteiger partial charge on any atom is 0.260 e. The summed E-state index contributed by atoms with van der Waals surface area (Å²) in [7, 11) is -3.55. The summed E-state index contributed by atoms with van der Waals surface area (Å²) in [4.78, 5) is 12.5. The van der Waals surface area contributed by atoms with Crippen LogP contribution in [0.15, 0.2) is 40.8 Å². The first-order valence-electron chi connectivity index (χ1n) is 11.2. The number of benzene rings is 1. The zero-order valence-electron chi connectivity index (χ0n) is 17.9. The van der Waals surface area contributed by atoms with E-state index in [0.717, 1.165) is 44.9 Å². The van der Waals surface area contributed by atoms with Gasteiger partial charge in [0, 0.05) is 12.6 Å². The van der Waals surface area contributed by atoms with Crippen molar-refractivity contribution in [3.63, 3.8) is 0 Å². The van der Waals surface area contributed by atoms with Gasteiger partial charge in [0.1, 0.15) is 5.75 Å². The molecule has 1 aromatic carbocycles. The van der Waals surface area contributed by atoms with Crippen LogP contribution in [0.3, 0.4) is 0 Å². The third-order valence-electron chi connectivity index (χ3n) is 5.89. The third-order valence-corrected chi connectivity index (χ3v) is 7.37. The molecular formula is C23H34N2O4S. The van der Waals surface area contributed by atoms with Crippen molar-refractivity contribution in [2.24, 2.45) is 0 Å². The molecule has 30 heavy (non-hydrogen) atoms. The molecule has 1 amide bonds. The molecule has 0 radical (unpaired) electrons. The predicted molar refractivity (Wildman–Crippen MR) is 118 cm³/mol. The molecule has 0 bridgehead atoms. The maximum absolute atomic E-state index is 12.5. The molecular weight excluding hydrogens is 400 g/mol. The molecule has 0 unspecified atom stereocenters. The van der Waals surface area contributed by atoms with Crippen LogP contribution in [0, 0.1) is 0 Å². The lowest BCUT2D eigenvalue weighted by molar-refractivity contribution is -0.128. The van der Waals surface area contributed by atoms with Crippen LogP contribution >= 0.6 is 0 Å². The molecule has 0 spiro atoms. The number of nitrogens with one attached hydrogen (secondary N) is 2. The minimum Gasteiger partial charge on any atom is -0.481 e. The molecule has 1 aromatic rings. The lowest BCUT2D eigenvalue weighted by Crippen LogP contribution is -2.43. The smallest absolute Gasteiger partial charge is 0.260 e. The molecule has 1 saturated carbocycles. The number of amides is 1. The fourth-order valence-electron chi connectivity index (χ4n) is 4.08. The molecule has 0 aromatic heterocycles. The fraction of sp³-hybridized carbons (Fsp3) is 0.609. The van der Waals surface area contributed by atoms with Gasteiger partial charge in [-0.05, 0) is 76.1 Å². The molecule has 1 fully saturated rings. The average Bonchev–Trinajstić information content (AvgIpc) is 2.75. The number of rotatable bonds is 9. The topological polar surface area (TPSA) is 84.5 Å². The Morgan fingerprint density at radius 3 is 2.50 bits per heavy atom. The molecule has 0 heterocycles. The van der Waals surface area contributed by atoms with E-state index in [9.17, 15) is 13.2 Å². The summed E-state index contributed by atoms with van der Waals surface area (Å²) < 4.78 is 33.4. The number of allylic oxidation sites excluding steroid dienone is 1. The zero-order chi connectivity index (χ0) is 21.4. The lowest BCUT2D eigenvalue weighted by Gasteiger charge is -2.24. The predicted octanol–water partition coefficient (Wildman–Crippen LogP) is 4.07. The van der Waals surface area contributed by atoms with Gasteiger partial charge in [0.25, 0.3) is 5.91 Å². The van der Waals surface area contributed by atoms with E-state index < -0.39 is 16.1 Å². The molecule has 2 aliphatic rings. The first-order valence-corrected chi connectivity index (χ1v) is 12.7. The summed E-state index contributed by atoms with van der Waals surface area (Å²) in [5.41, 5.74) is 1.34. The molecule has 0 saturated heterocycles. The lowest BCUT2D eigenvalue weighted by atomic mass is 9.95. The highest BCUT2D eigenvalue weighted by molar-refractivity contribution is 7.89. The Morgan fingerprint density at radius 1 is 1.10 bits per heavy atom. The number of hydrogen-bond acceptors (Lipinski definition) is 4. The van der Waals surface area contributed by atoms with Crippen molar-refractivity contribution in [3.05, 3.63) is 35.9 Å². The molecule has 0 aliphatic heterocycles. The first kappa shape index (κ1) is 22.8. The highest BCUT2D eigenvalue weighted by Gasteiger charge is 2.21. The van der Waals surface area contributed by atoms with E-state index in [1.165, 1.54) is 37.0 Å². The molecule has 2 aliphatic carbocycles. The van der Waals surface area contributed by atoms with Crippen molar-refractivity contribution in [1.82, 2.24) is 10.0 Å². The van der Waals surface area contributed by atoms with Gasteiger partial charge in [0.05, 0.1) is 4.90 Å². The summed E-state index contributed by atoms with van der Waals surface area (Å²) in [6.07, 6.45) is 12.5. The number of hydrogen-bond donors (Lipinski definition) is 2. The number of carbonyl (C=O) groups excluding carboxylic acids is 1. The Bertz CT molecular complexity index is 827. The quantitative estimate of drug-likeness (QED) is 0.574. The minimum atomic E-state index is -3.55. The Hall–Kier alpha value is -1.86. The fourth-order valence-corrected chi connectivity index (χ4v) is 5.11. The van der Waals surface area contributed by atoms with Gasteiger partial charge in [-0.1, -0.05) is 30.9 Å². The van der Waals surface area contributed by atoms with Crippen LogP contribution in [-0.4, -0.2) is 33.0 Å². The normalized spacial score (nSPS) is 19.0. The van der Waals surface area contributed by atoms with Gasteiger partial charge in [-0.25, -0.2) is 13.1 Å². The molecule has 1 atom stereocenters. The number of sulfonamides is 1. The van der Waals surface area contributed by atoms with Crippen molar-refractivity contribution in [2.75, 3.05) is 6.54 Å². The van der Waals surface area contributed by atoms with Gasteiger partial charge in [0.2, 0.25) is 10.0 Å². The summed E-state index contributed by atoms with van der Waals surface area (Å²) in [6, 6.07) is 6.47. The van der Waals surface area contributed by atoms with E-state index in [2.05, 4.69) is 16.1 Å². The van der Waals surface area contributed by atoms with E-state index in [4.69, 9.17) is 4.74 Å². The monoisotopic (exact) mass is 434 g/mol. The zero-order valence-corrected chi connectivity index (χ0v) is 18.7. The summed E-state index contributed by atoms with van der Waals surface area (Å²) in [5.74, 6) is 0.352. The second-order valence-corrected chi connectivity index (χ2v) is 10.1. The Labute approximate surface area is 180 Å². The van der Waals surface area contributed by atoms with E-state index in [1.54, 1.807) is 19.1 Å². The van der Waals surface area contributed by atoms with Gasteiger partial charge >= 0.3 is 0 Å². The van der Waals surface area contributed by atoms with Crippen LogP contribution in [0.5, 0.6) is 5.75 Å². The Morgan fingerprint density at radius 2 is 1.83 bits per heavy atom. The average molecular weight is 435 g/mol. The van der Waals surface area contributed by atoms with Crippen molar-refractivity contribution in [3.8, 4) is 5.75 Å². The van der Waals surface area contributed by atoms with Gasteiger partial charge in [-0.3, -0.25) is 4.79 Å². The summed E-state index contributed by atoms with van der Waals surface area (Å²) in [5, 5.41) is 3.05. The first-order chi connectivity index (χ1) is 14.4. The van der Waals surface area contributed by atoms with Crippen LogP contribution in [0.1, 0.15) is 71.1 Å². The van der Waals surface area contributed by atoms with E-state index in [1.807, 2.05) is 0 Å². The third kappa shape index (κ3) is 6.84. The van der Waals surface area contributed by atoms with Gasteiger partial charge in [-0.15, -0.1) is 0 Å². The second-order valence-electron chi connectivity index (χ2n) is 8.33. The van der Waals surface area contributed by atoms with Crippen LogP contribution in [0.25, 0.3) is 0 Å². The second kappa shape index (κ2) is 11.0. The van der Waals surface area contributed by atoms with Crippen molar-refractivity contribution in [2.45, 2.75) is 88.2 Å². The van der Waals surface area contributed by atoms with E-state index in [-0.39, 0.29) is 16.8 Å². The Balaban J connectivity index is 1.48. The SMILES string of the molecule is C[C@@H](Oc1ccc(S(=O)(=O)NCCC2=CCCCC2)cc1)C(=O)NC1CCCCC1. The standard InChI is InChI=1S/C23H34N2O4S/c1-18(23(26)25-20-10-6-3-7-11-20)29-21-12-14-22(15-13-21)30(27,28)24-17-16-19-8-4-2-5-9-19/h8,12-15,18,20,24H,2-7,9-11,16-17H2,1H3,(H,25,26)/t18-/m1/s1. The van der Waals surface area contributed by atoms with Crippen LogP contribution in [-0.2, 0) is 14.8 Å². The van der Waals surface area contributed by atoms with Crippen molar-refractivity contribution < 1.29 is 17.9 Å². The largest absolute Gasteiger partial charge is 0.481 e. The van der Waals surface area contributed by atoms with E-state index in [0.29, 0.717) is 12.3 Å². The minimum absolute atomic E-state index is 0.128. The molecule has 6 nitrogen and oxygen atoms in total. The van der Waals surface area contributed by atoms with Crippen LogP contribution < -0.4 is 14.8 Å². The maximum atomic E-state index is 12.5. The highest BCUT2D eigenvalue weighted by Crippen LogP contribution is 2.21. The summed E-state index contributed by atoms with van der Waals surface area (Å²) >= 11 is 0. The Kier molecular flexibility index (Phi) is 8.33. The van der Waals surface area contributed by atoms with E-state index >= 15 is 0 Å². The number of carbonyl (C=O) groups is 1. The van der Waals surface area contributed by atoms with Gasteiger partial charge < -0.3 is 10.1 Å². The van der Waals surface area contributed by atoms with Crippen molar-refractivity contribution >= 4 is 15.9 Å².